The average molecular weight is 454 g/mol. The highest BCUT2D eigenvalue weighted by atomic mass is 19.4. The van der Waals surface area contributed by atoms with Gasteiger partial charge in [-0.15, -0.1) is 0 Å². The van der Waals surface area contributed by atoms with Crippen LogP contribution in [0.3, 0.4) is 0 Å². The second kappa shape index (κ2) is 8.69. The van der Waals surface area contributed by atoms with Gasteiger partial charge in [-0.2, -0.15) is 26.3 Å². The van der Waals surface area contributed by atoms with E-state index in [0.717, 1.165) is 0 Å². The quantitative estimate of drug-likeness (QED) is 0.425. The van der Waals surface area contributed by atoms with Crippen LogP contribution in [0.2, 0.25) is 0 Å². The standard InChI is InChI=1S/C15H21F11N2O/c1-8(29-9(2)13(19,20)10(16)14(21,22)23)12(18,15(24,25)26)11(17)28-6-4-27(3)5-7-28/h8-11H,4-7H2,1-3H3/t8-,9?,10+,11?,12?/m0/s1. The Morgan fingerprint density at radius 1 is 0.759 bits per heavy atom. The fraction of sp³-hybridized carbons (Fsp3) is 1.00. The van der Waals surface area contributed by atoms with Gasteiger partial charge in [0.1, 0.15) is 12.2 Å². The van der Waals surface area contributed by atoms with Gasteiger partial charge in [0.15, 0.2) is 6.30 Å². The fourth-order valence-electron chi connectivity index (χ4n) is 2.79. The van der Waals surface area contributed by atoms with Crippen molar-refractivity contribution >= 4 is 0 Å². The van der Waals surface area contributed by atoms with E-state index in [-0.39, 0.29) is 40.0 Å². The molecule has 0 aromatic heterocycles. The van der Waals surface area contributed by atoms with E-state index < -0.39 is 48.6 Å². The Morgan fingerprint density at radius 2 is 1.21 bits per heavy atom. The van der Waals surface area contributed by atoms with Crippen molar-refractivity contribution in [1.29, 1.82) is 0 Å². The van der Waals surface area contributed by atoms with Crippen LogP contribution in [0, 0.1) is 0 Å². The normalized spacial score (nSPS) is 24.6. The number of hydrogen-bond acceptors (Lipinski definition) is 3. The smallest absolute Gasteiger partial charge is 0.365 e. The summed E-state index contributed by atoms with van der Waals surface area (Å²) in [5.74, 6) is -5.33. The van der Waals surface area contributed by atoms with E-state index in [0.29, 0.717) is 4.90 Å². The minimum atomic E-state index is -6.04. The number of rotatable bonds is 7. The Hall–Kier alpha value is -0.890. The minimum Gasteiger partial charge on any atom is -0.365 e. The molecule has 3 unspecified atom stereocenters. The van der Waals surface area contributed by atoms with E-state index in [1.54, 1.807) is 11.9 Å². The lowest BCUT2D eigenvalue weighted by atomic mass is 9.95. The van der Waals surface area contributed by atoms with Crippen LogP contribution < -0.4 is 0 Å². The first-order chi connectivity index (χ1) is 12.9. The summed E-state index contributed by atoms with van der Waals surface area (Å²) in [7, 11) is 1.58. The van der Waals surface area contributed by atoms with Gasteiger partial charge in [0.25, 0.3) is 11.8 Å². The molecule has 0 bridgehead atoms. The number of likely N-dealkylation sites (N-methyl/N-ethyl adjacent to an activating group) is 1. The lowest BCUT2D eigenvalue weighted by Gasteiger charge is -2.43. The highest BCUT2D eigenvalue weighted by molar-refractivity contribution is 5.01. The summed E-state index contributed by atoms with van der Waals surface area (Å²) in [4.78, 5) is 2.11. The van der Waals surface area contributed by atoms with Gasteiger partial charge in [-0.1, -0.05) is 0 Å². The van der Waals surface area contributed by atoms with Gasteiger partial charge in [-0.05, 0) is 20.9 Å². The number of alkyl halides is 11. The van der Waals surface area contributed by atoms with E-state index in [1.807, 2.05) is 0 Å². The molecule has 0 aromatic carbocycles. The highest BCUT2D eigenvalue weighted by Crippen LogP contribution is 2.45. The summed E-state index contributed by atoms with van der Waals surface area (Å²) in [5.41, 5.74) is -4.85. The number of nitrogens with zero attached hydrogens (tertiary/aromatic N) is 2. The van der Waals surface area contributed by atoms with E-state index in [4.69, 9.17) is 0 Å². The Bertz CT molecular complexity index is 533. The van der Waals surface area contributed by atoms with E-state index in [9.17, 15) is 48.3 Å². The van der Waals surface area contributed by atoms with Crippen molar-refractivity contribution in [2.45, 2.75) is 62.5 Å². The van der Waals surface area contributed by atoms with Crippen LogP contribution >= 0.6 is 0 Å². The molecule has 1 fully saturated rings. The molecule has 1 aliphatic rings. The second-order valence-corrected chi connectivity index (χ2v) is 6.94. The molecule has 0 aromatic rings. The maximum atomic E-state index is 14.9. The van der Waals surface area contributed by atoms with Crippen molar-refractivity contribution in [3.8, 4) is 0 Å². The molecule has 0 radical (unpaired) electrons. The van der Waals surface area contributed by atoms with Crippen LogP contribution in [-0.4, -0.2) is 91.6 Å². The maximum Gasteiger partial charge on any atom is 0.429 e. The van der Waals surface area contributed by atoms with Gasteiger partial charge >= 0.3 is 18.3 Å². The first kappa shape index (κ1) is 26.1. The minimum absolute atomic E-state index is 0.0905. The number of hydrogen-bond donors (Lipinski definition) is 0. The summed E-state index contributed by atoms with van der Waals surface area (Å²) in [6, 6.07) is 0. The summed E-state index contributed by atoms with van der Waals surface area (Å²) in [6.45, 7) is -0.0599. The lowest BCUT2D eigenvalue weighted by molar-refractivity contribution is -0.323. The number of ether oxygens (including phenoxy) is 1. The van der Waals surface area contributed by atoms with Crippen LogP contribution in [-0.2, 0) is 4.74 Å². The zero-order chi connectivity index (χ0) is 23.0. The van der Waals surface area contributed by atoms with E-state index in [2.05, 4.69) is 4.74 Å². The molecule has 1 saturated heterocycles. The SMILES string of the molecule is CC(O[C@@H](C)C(F)(C(F)N1CCN(C)CC1)C(F)(F)F)C(F)(F)[C@@H](F)C(F)(F)F. The molecule has 1 heterocycles. The topological polar surface area (TPSA) is 15.7 Å². The maximum absolute atomic E-state index is 14.9. The van der Waals surface area contributed by atoms with Gasteiger partial charge < -0.3 is 9.64 Å². The predicted molar refractivity (Wildman–Crippen MR) is 79.8 cm³/mol. The van der Waals surface area contributed by atoms with Crippen LogP contribution in [0.5, 0.6) is 0 Å². The Labute approximate surface area is 159 Å². The molecule has 0 aliphatic carbocycles. The third-order valence-corrected chi connectivity index (χ3v) is 4.81. The monoisotopic (exact) mass is 454 g/mol. The second-order valence-electron chi connectivity index (χ2n) is 6.94. The van der Waals surface area contributed by atoms with Crippen molar-refractivity contribution < 1.29 is 53.0 Å². The largest absolute Gasteiger partial charge is 0.429 e. The number of halogens is 11. The Morgan fingerprint density at radius 3 is 1.59 bits per heavy atom. The van der Waals surface area contributed by atoms with Gasteiger partial charge in [-0.3, -0.25) is 4.90 Å². The third-order valence-electron chi connectivity index (χ3n) is 4.81. The Kier molecular flexibility index (Phi) is 7.84. The van der Waals surface area contributed by atoms with Crippen LogP contribution in [0.25, 0.3) is 0 Å². The molecule has 0 spiro atoms. The van der Waals surface area contributed by atoms with Crippen LogP contribution in [0.1, 0.15) is 13.8 Å². The summed E-state index contributed by atoms with van der Waals surface area (Å²) in [5, 5.41) is 0. The van der Waals surface area contributed by atoms with Crippen LogP contribution in [0.4, 0.5) is 48.3 Å². The van der Waals surface area contributed by atoms with Crippen molar-refractivity contribution in [3.05, 3.63) is 0 Å². The van der Waals surface area contributed by atoms with Gasteiger partial charge in [0, 0.05) is 26.2 Å². The predicted octanol–water partition coefficient (Wildman–Crippen LogP) is 4.13. The average Bonchev–Trinajstić information content (AvgIpc) is 2.58. The molecule has 0 saturated carbocycles. The van der Waals surface area contributed by atoms with Crippen LogP contribution in [0.15, 0.2) is 0 Å². The molecule has 0 amide bonds. The molecule has 5 atom stereocenters. The van der Waals surface area contributed by atoms with Crippen molar-refractivity contribution in [2.75, 3.05) is 33.2 Å². The first-order valence-corrected chi connectivity index (χ1v) is 8.43. The molecule has 1 rings (SSSR count). The van der Waals surface area contributed by atoms with E-state index in [1.165, 1.54) is 0 Å². The summed E-state index contributed by atoms with van der Waals surface area (Å²) >= 11 is 0. The molecule has 29 heavy (non-hydrogen) atoms. The molecular weight excluding hydrogens is 433 g/mol. The Balaban J connectivity index is 3.09. The zero-order valence-electron chi connectivity index (χ0n) is 15.6. The molecule has 14 heteroatoms. The fourth-order valence-corrected chi connectivity index (χ4v) is 2.79. The third kappa shape index (κ3) is 5.43. The van der Waals surface area contributed by atoms with Gasteiger partial charge in [0.2, 0.25) is 0 Å². The van der Waals surface area contributed by atoms with Crippen molar-refractivity contribution in [2.24, 2.45) is 0 Å². The molecule has 3 nitrogen and oxygen atoms in total. The van der Waals surface area contributed by atoms with Crippen molar-refractivity contribution in [3.63, 3.8) is 0 Å². The molecule has 0 N–H and O–H groups in total. The van der Waals surface area contributed by atoms with Gasteiger partial charge in [-0.25, -0.2) is 22.0 Å². The lowest BCUT2D eigenvalue weighted by Crippen LogP contribution is -2.65. The summed E-state index contributed by atoms with van der Waals surface area (Å²) in [6.07, 6.45) is -26.3. The molecular formula is C15H21F11N2O. The van der Waals surface area contributed by atoms with Gasteiger partial charge in [0.05, 0.1) is 0 Å². The number of piperazine rings is 1. The van der Waals surface area contributed by atoms with Crippen molar-refractivity contribution in [1.82, 2.24) is 9.80 Å². The highest BCUT2D eigenvalue weighted by Gasteiger charge is 2.68. The van der Waals surface area contributed by atoms with E-state index >= 15 is 0 Å². The summed E-state index contributed by atoms with van der Waals surface area (Å²) < 4.78 is 151. The zero-order valence-corrected chi connectivity index (χ0v) is 15.6. The molecule has 1 aliphatic heterocycles. The molecule has 174 valence electrons. The first-order valence-electron chi connectivity index (χ1n) is 8.43.